The number of halogens is 1. The average molecular weight is 380 g/mol. The fourth-order valence-electron chi connectivity index (χ4n) is 2.16. The zero-order chi connectivity index (χ0) is 17.2. The van der Waals surface area contributed by atoms with Crippen LogP contribution < -0.4 is 4.72 Å². The van der Waals surface area contributed by atoms with Crippen LogP contribution in [0, 0.1) is 6.92 Å². The zero-order valence-electron chi connectivity index (χ0n) is 12.7. The molecule has 1 N–H and O–H groups in total. The molecule has 0 aliphatic rings. The van der Waals surface area contributed by atoms with Crippen LogP contribution in [0.2, 0.25) is 5.02 Å². The fraction of sp³-hybridized carbons (Fsp3) is 0.125. The fourth-order valence-corrected chi connectivity index (χ4v) is 4.44. The number of hydrogen-bond acceptors (Lipinski definition) is 5. The van der Waals surface area contributed by atoms with Crippen LogP contribution in [0.1, 0.15) is 11.1 Å². The van der Waals surface area contributed by atoms with Gasteiger partial charge in [0.15, 0.2) is 0 Å². The number of benzene rings is 2. The summed E-state index contributed by atoms with van der Waals surface area (Å²) in [7, 11) is -3.54. The molecule has 2 aromatic carbocycles. The minimum absolute atomic E-state index is 0.107. The molecule has 0 unspecified atom stereocenters. The first kappa shape index (κ1) is 16.9. The van der Waals surface area contributed by atoms with Crippen molar-refractivity contribution >= 4 is 38.1 Å². The second kappa shape index (κ2) is 6.88. The van der Waals surface area contributed by atoms with Gasteiger partial charge in [-0.1, -0.05) is 64.9 Å². The second-order valence-corrected chi connectivity index (χ2v) is 8.41. The van der Waals surface area contributed by atoms with Crippen molar-refractivity contribution in [3.63, 3.8) is 0 Å². The van der Waals surface area contributed by atoms with E-state index in [2.05, 4.69) is 14.9 Å². The van der Waals surface area contributed by atoms with Crippen LogP contribution in [0.5, 0.6) is 0 Å². The van der Waals surface area contributed by atoms with E-state index < -0.39 is 10.0 Å². The molecule has 0 fully saturated rings. The first-order valence-corrected chi connectivity index (χ1v) is 9.91. The number of sulfonamides is 1. The van der Waals surface area contributed by atoms with Gasteiger partial charge < -0.3 is 0 Å². The molecule has 3 aromatic rings. The number of nitrogens with one attached hydrogen (secondary N) is 1. The van der Waals surface area contributed by atoms with Crippen molar-refractivity contribution in [3.8, 4) is 10.6 Å². The van der Waals surface area contributed by atoms with E-state index in [9.17, 15) is 8.42 Å². The van der Waals surface area contributed by atoms with Gasteiger partial charge >= 0.3 is 0 Å². The SMILES string of the molecule is Cc1cccc(CS(=O)(=O)Nc2nnc(-c3ccc(Cl)cc3)s2)c1. The monoisotopic (exact) mass is 379 g/mol. The van der Waals surface area contributed by atoms with Gasteiger partial charge in [-0.15, -0.1) is 10.2 Å². The van der Waals surface area contributed by atoms with Crippen LogP contribution in [0.3, 0.4) is 0 Å². The summed E-state index contributed by atoms with van der Waals surface area (Å²) < 4.78 is 27.0. The predicted molar refractivity (Wildman–Crippen MR) is 97.8 cm³/mol. The van der Waals surface area contributed by atoms with Gasteiger partial charge in [-0.25, -0.2) is 8.42 Å². The Kier molecular flexibility index (Phi) is 4.84. The molecule has 0 aliphatic heterocycles. The number of nitrogens with zero attached hydrogens (tertiary/aromatic N) is 2. The van der Waals surface area contributed by atoms with Crippen molar-refractivity contribution in [2.75, 3.05) is 4.72 Å². The molecule has 124 valence electrons. The Morgan fingerprint density at radius 1 is 1.12 bits per heavy atom. The maximum absolute atomic E-state index is 12.3. The molecular weight excluding hydrogens is 366 g/mol. The molecule has 1 aromatic heterocycles. The van der Waals surface area contributed by atoms with Crippen LogP contribution in [0.15, 0.2) is 48.5 Å². The van der Waals surface area contributed by atoms with E-state index in [0.717, 1.165) is 16.7 Å². The summed E-state index contributed by atoms with van der Waals surface area (Å²) in [5, 5.41) is 9.42. The molecule has 0 spiro atoms. The van der Waals surface area contributed by atoms with Gasteiger partial charge in [0, 0.05) is 10.6 Å². The number of rotatable bonds is 5. The largest absolute Gasteiger partial charge is 0.257 e. The number of hydrogen-bond donors (Lipinski definition) is 1. The Morgan fingerprint density at radius 3 is 2.58 bits per heavy atom. The summed E-state index contributed by atoms with van der Waals surface area (Å²) in [5.41, 5.74) is 2.58. The summed E-state index contributed by atoms with van der Waals surface area (Å²) in [6.45, 7) is 1.92. The van der Waals surface area contributed by atoms with Crippen LogP contribution in [0.25, 0.3) is 10.6 Å². The standard InChI is InChI=1S/C16H14ClN3O2S2/c1-11-3-2-4-12(9-11)10-24(21,22)20-16-19-18-15(23-16)13-5-7-14(17)8-6-13/h2-9H,10H2,1H3,(H,19,20). The van der Waals surface area contributed by atoms with Crippen LogP contribution in [0.4, 0.5) is 5.13 Å². The summed E-state index contributed by atoms with van der Waals surface area (Å²) in [6, 6.07) is 14.5. The summed E-state index contributed by atoms with van der Waals surface area (Å²) in [5.74, 6) is -0.107. The first-order valence-electron chi connectivity index (χ1n) is 7.07. The van der Waals surface area contributed by atoms with Crippen molar-refractivity contribution in [2.24, 2.45) is 0 Å². The minimum atomic E-state index is -3.54. The van der Waals surface area contributed by atoms with E-state index >= 15 is 0 Å². The molecule has 3 rings (SSSR count). The average Bonchev–Trinajstić information content (AvgIpc) is 2.95. The van der Waals surface area contributed by atoms with Gasteiger partial charge in [-0.3, -0.25) is 4.72 Å². The third-order valence-electron chi connectivity index (χ3n) is 3.20. The molecule has 0 bridgehead atoms. The van der Waals surface area contributed by atoms with Gasteiger partial charge in [0.05, 0.1) is 5.75 Å². The predicted octanol–water partition coefficient (Wildman–Crippen LogP) is 4.11. The molecule has 1 heterocycles. The maximum Gasteiger partial charge on any atom is 0.238 e. The Labute approximate surface area is 149 Å². The van der Waals surface area contributed by atoms with E-state index in [-0.39, 0.29) is 10.9 Å². The quantitative estimate of drug-likeness (QED) is 0.724. The highest BCUT2D eigenvalue weighted by atomic mass is 35.5. The zero-order valence-corrected chi connectivity index (χ0v) is 15.1. The Balaban J connectivity index is 1.75. The van der Waals surface area contributed by atoms with E-state index in [4.69, 9.17) is 11.6 Å². The Bertz CT molecular complexity index is 953. The lowest BCUT2D eigenvalue weighted by molar-refractivity contribution is 0.600. The van der Waals surface area contributed by atoms with E-state index in [1.54, 1.807) is 18.2 Å². The van der Waals surface area contributed by atoms with Crippen molar-refractivity contribution in [1.29, 1.82) is 0 Å². The molecule has 8 heteroatoms. The molecule has 5 nitrogen and oxygen atoms in total. The Hall–Kier alpha value is -1.96. The number of anilines is 1. The summed E-state index contributed by atoms with van der Waals surface area (Å²) >= 11 is 7.03. The summed E-state index contributed by atoms with van der Waals surface area (Å²) in [4.78, 5) is 0. The van der Waals surface area contributed by atoms with Gasteiger partial charge in [0.1, 0.15) is 5.01 Å². The highest BCUT2D eigenvalue weighted by Gasteiger charge is 2.15. The lowest BCUT2D eigenvalue weighted by atomic mass is 10.2. The van der Waals surface area contributed by atoms with E-state index in [1.807, 2.05) is 37.3 Å². The second-order valence-electron chi connectivity index (χ2n) is 5.27. The highest BCUT2D eigenvalue weighted by molar-refractivity contribution is 7.92. The Morgan fingerprint density at radius 2 is 1.88 bits per heavy atom. The lowest BCUT2D eigenvalue weighted by Crippen LogP contribution is -2.15. The molecular formula is C16H14ClN3O2S2. The van der Waals surface area contributed by atoms with Gasteiger partial charge in [0.2, 0.25) is 15.2 Å². The van der Waals surface area contributed by atoms with Gasteiger partial charge in [-0.05, 0) is 24.6 Å². The minimum Gasteiger partial charge on any atom is -0.257 e. The van der Waals surface area contributed by atoms with Gasteiger partial charge in [0.25, 0.3) is 0 Å². The van der Waals surface area contributed by atoms with Crippen LogP contribution >= 0.6 is 22.9 Å². The maximum atomic E-state index is 12.3. The highest BCUT2D eigenvalue weighted by Crippen LogP contribution is 2.28. The molecule has 0 radical (unpaired) electrons. The van der Waals surface area contributed by atoms with Crippen molar-refractivity contribution in [3.05, 3.63) is 64.7 Å². The van der Waals surface area contributed by atoms with Crippen molar-refractivity contribution in [2.45, 2.75) is 12.7 Å². The molecule has 24 heavy (non-hydrogen) atoms. The molecule has 0 aliphatic carbocycles. The van der Waals surface area contributed by atoms with Gasteiger partial charge in [-0.2, -0.15) is 0 Å². The molecule has 0 saturated heterocycles. The topological polar surface area (TPSA) is 72.0 Å². The molecule has 0 saturated carbocycles. The van der Waals surface area contributed by atoms with Crippen LogP contribution in [-0.4, -0.2) is 18.6 Å². The van der Waals surface area contributed by atoms with E-state index in [1.165, 1.54) is 11.3 Å². The van der Waals surface area contributed by atoms with Crippen molar-refractivity contribution < 1.29 is 8.42 Å². The van der Waals surface area contributed by atoms with Crippen molar-refractivity contribution in [1.82, 2.24) is 10.2 Å². The molecule has 0 amide bonds. The van der Waals surface area contributed by atoms with Crippen LogP contribution in [-0.2, 0) is 15.8 Å². The third kappa shape index (κ3) is 4.31. The van der Waals surface area contributed by atoms with E-state index in [0.29, 0.717) is 10.0 Å². The first-order chi connectivity index (χ1) is 11.4. The third-order valence-corrected chi connectivity index (χ3v) is 5.68. The smallest absolute Gasteiger partial charge is 0.238 e. The summed E-state index contributed by atoms with van der Waals surface area (Å²) in [6.07, 6.45) is 0. The molecule has 0 atom stereocenters. The normalized spacial score (nSPS) is 11.4. The lowest BCUT2D eigenvalue weighted by Gasteiger charge is -2.05. The number of aromatic nitrogens is 2. The number of aryl methyl sites for hydroxylation is 1.